The Bertz CT molecular complexity index is 522. The highest BCUT2D eigenvalue weighted by Crippen LogP contribution is 2.22. The molecule has 112 valence electrons. The second kappa shape index (κ2) is 7.09. The van der Waals surface area contributed by atoms with Crippen LogP contribution in [0.25, 0.3) is 0 Å². The van der Waals surface area contributed by atoms with Gasteiger partial charge in [0, 0.05) is 13.1 Å². The maximum absolute atomic E-state index is 12.2. The third-order valence-electron chi connectivity index (χ3n) is 3.64. The molecule has 0 radical (unpaired) electrons. The number of para-hydroxylation sites is 1. The highest BCUT2D eigenvalue weighted by atomic mass is 32.2. The molecule has 1 N–H and O–H groups in total. The molecule has 20 heavy (non-hydrogen) atoms. The Balaban J connectivity index is 2.00. The van der Waals surface area contributed by atoms with Gasteiger partial charge in [-0.3, -0.25) is 0 Å². The molecule has 0 aliphatic carbocycles. The maximum atomic E-state index is 12.2. The average molecular weight is 296 g/mol. The fraction of sp³-hybridized carbons (Fsp3) is 0.600. The van der Waals surface area contributed by atoms with Crippen LogP contribution in [0.3, 0.4) is 0 Å². The summed E-state index contributed by atoms with van der Waals surface area (Å²) in [5, 5.41) is 3.28. The van der Waals surface area contributed by atoms with Crippen LogP contribution in [0.2, 0.25) is 0 Å². The molecule has 0 spiro atoms. The van der Waals surface area contributed by atoms with Crippen LogP contribution >= 0.6 is 0 Å². The standard InChI is InChI=1S/C15H24N2O2S/c1-2-13-20(18,19)15-8-4-3-7-14(15)16-9-12-17-10-5-6-11-17/h3-4,7-8,16H,2,5-6,9-13H2,1H3. The summed E-state index contributed by atoms with van der Waals surface area (Å²) in [6, 6.07) is 7.22. The van der Waals surface area contributed by atoms with Crippen LogP contribution in [-0.4, -0.2) is 45.2 Å². The molecule has 0 atom stereocenters. The van der Waals surface area contributed by atoms with E-state index in [1.807, 2.05) is 19.1 Å². The number of benzene rings is 1. The number of hydrogen-bond donors (Lipinski definition) is 1. The molecule has 0 saturated carbocycles. The van der Waals surface area contributed by atoms with E-state index in [0.717, 1.165) is 31.9 Å². The first-order chi connectivity index (χ1) is 9.63. The number of hydrogen-bond acceptors (Lipinski definition) is 4. The highest BCUT2D eigenvalue weighted by Gasteiger charge is 2.17. The highest BCUT2D eigenvalue weighted by molar-refractivity contribution is 7.91. The van der Waals surface area contributed by atoms with Gasteiger partial charge in [-0.15, -0.1) is 0 Å². The molecule has 2 rings (SSSR count). The van der Waals surface area contributed by atoms with Gasteiger partial charge in [-0.1, -0.05) is 19.1 Å². The lowest BCUT2D eigenvalue weighted by molar-refractivity contribution is 0.352. The Morgan fingerprint density at radius 3 is 2.60 bits per heavy atom. The van der Waals surface area contributed by atoms with Crippen molar-refractivity contribution in [3.8, 4) is 0 Å². The van der Waals surface area contributed by atoms with E-state index in [-0.39, 0.29) is 5.75 Å². The zero-order chi connectivity index (χ0) is 14.4. The number of rotatable bonds is 7. The Morgan fingerprint density at radius 1 is 1.20 bits per heavy atom. The van der Waals surface area contributed by atoms with Gasteiger partial charge in [-0.05, 0) is 44.5 Å². The minimum atomic E-state index is -3.17. The van der Waals surface area contributed by atoms with Gasteiger partial charge in [-0.2, -0.15) is 0 Å². The Hall–Kier alpha value is -1.07. The molecule has 1 aromatic rings. The average Bonchev–Trinajstić information content (AvgIpc) is 2.92. The van der Waals surface area contributed by atoms with Crippen LogP contribution < -0.4 is 5.32 Å². The summed E-state index contributed by atoms with van der Waals surface area (Å²) in [4.78, 5) is 2.85. The molecule has 1 aliphatic heterocycles. The van der Waals surface area contributed by atoms with Crippen molar-refractivity contribution in [2.45, 2.75) is 31.1 Å². The summed E-state index contributed by atoms with van der Waals surface area (Å²) >= 11 is 0. The van der Waals surface area contributed by atoms with Gasteiger partial charge < -0.3 is 10.2 Å². The van der Waals surface area contributed by atoms with E-state index in [1.54, 1.807) is 12.1 Å². The summed E-state index contributed by atoms with van der Waals surface area (Å²) in [5.41, 5.74) is 0.736. The molecule has 5 heteroatoms. The topological polar surface area (TPSA) is 49.4 Å². The van der Waals surface area contributed by atoms with Crippen molar-refractivity contribution in [1.82, 2.24) is 4.90 Å². The summed E-state index contributed by atoms with van der Waals surface area (Å²) in [7, 11) is -3.17. The summed E-state index contributed by atoms with van der Waals surface area (Å²) < 4.78 is 24.4. The van der Waals surface area contributed by atoms with E-state index in [4.69, 9.17) is 0 Å². The molecule has 1 aliphatic rings. The second-order valence-electron chi connectivity index (χ2n) is 5.29. The monoisotopic (exact) mass is 296 g/mol. The smallest absolute Gasteiger partial charge is 0.180 e. The first-order valence-electron chi connectivity index (χ1n) is 7.41. The molecule has 1 aromatic carbocycles. The largest absolute Gasteiger partial charge is 0.383 e. The molecule has 0 aromatic heterocycles. The number of nitrogens with zero attached hydrogens (tertiary/aromatic N) is 1. The molecule has 0 bridgehead atoms. The third-order valence-corrected chi connectivity index (χ3v) is 5.61. The van der Waals surface area contributed by atoms with Crippen LogP contribution in [0.1, 0.15) is 26.2 Å². The van der Waals surface area contributed by atoms with Crippen molar-refractivity contribution in [2.24, 2.45) is 0 Å². The Kier molecular flexibility index (Phi) is 5.43. The molecular weight excluding hydrogens is 272 g/mol. The van der Waals surface area contributed by atoms with Gasteiger partial charge >= 0.3 is 0 Å². The quantitative estimate of drug-likeness (QED) is 0.839. The predicted octanol–water partition coefficient (Wildman–Crippen LogP) is 2.38. The Morgan fingerprint density at radius 2 is 1.90 bits per heavy atom. The molecule has 4 nitrogen and oxygen atoms in total. The second-order valence-corrected chi connectivity index (χ2v) is 7.37. The van der Waals surface area contributed by atoms with E-state index in [2.05, 4.69) is 10.2 Å². The van der Waals surface area contributed by atoms with Gasteiger partial charge in [0.05, 0.1) is 16.3 Å². The number of sulfone groups is 1. The van der Waals surface area contributed by atoms with Crippen molar-refractivity contribution >= 4 is 15.5 Å². The Labute approximate surface area is 122 Å². The third kappa shape index (κ3) is 3.96. The number of nitrogens with one attached hydrogen (secondary N) is 1. The first kappa shape index (κ1) is 15.3. The lowest BCUT2D eigenvalue weighted by Crippen LogP contribution is -2.26. The molecular formula is C15H24N2O2S. The first-order valence-corrected chi connectivity index (χ1v) is 9.07. The van der Waals surface area contributed by atoms with Gasteiger partial charge in [0.1, 0.15) is 0 Å². The lowest BCUT2D eigenvalue weighted by atomic mass is 10.3. The van der Waals surface area contributed by atoms with Crippen LogP contribution in [0.15, 0.2) is 29.2 Å². The zero-order valence-electron chi connectivity index (χ0n) is 12.1. The normalized spacial score (nSPS) is 16.4. The van der Waals surface area contributed by atoms with Crippen molar-refractivity contribution in [1.29, 1.82) is 0 Å². The minimum Gasteiger partial charge on any atom is -0.383 e. The van der Waals surface area contributed by atoms with Crippen molar-refractivity contribution in [3.05, 3.63) is 24.3 Å². The summed E-state index contributed by atoms with van der Waals surface area (Å²) in [6.45, 7) is 5.98. The number of likely N-dealkylation sites (tertiary alicyclic amines) is 1. The van der Waals surface area contributed by atoms with Crippen LogP contribution in [0.4, 0.5) is 5.69 Å². The summed E-state index contributed by atoms with van der Waals surface area (Å²) in [5.74, 6) is 0.206. The number of anilines is 1. The fourth-order valence-electron chi connectivity index (χ4n) is 2.62. The fourth-order valence-corrected chi connectivity index (χ4v) is 4.14. The minimum absolute atomic E-state index is 0.206. The van der Waals surface area contributed by atoms with Crippen molar-refractivity contribution in [2.75, 3.05) is 37.2 Å². The van der Waals surface area contributed by atoms with E-state index in [1.165, 1.54) is 12.8 Å². The van der Waals surface area contributed by atoms with E-state index in [9.17, 15) is 8.42 Å². The maximum Gasteiger partial charge on any atom is 0.180 e. The van der Waals surface area contributed by atoms with Gasteiger partial charge in [-0.25, -0.2) is 8.42 Å². The molecule has 0 unspecified atom stereocenters. The van der Waals surface area contributed by atoms with Crippen LogP contribution in [-0.2, 0) is 9.84 Å². The van der Waals surface area contributed by atoms with Gasteiger partial charge in [0.2, 0.25) is 0 Å². The molecule has 1 fully saturated rings. The SMILES string of the molecule is CCCS(=O)(=O)c1ccccc1NCCN1CCCC1. The molecule has 1 saturated heterocycles. The lowest BCUT2D eigenvalue weighted by Gasteiger charge is -2.17. The summed E-state index contributed by atoms with van der Waals surface area (Å²) in [6.07, 6.45) is 3.20. The molecule has 0 amide bonds. The van der Waals surface area contributed by atoms with E-state index >= 15 is 0 Å². The molecule has 1 heterocycles. The van der Waals surface area contributed by atoms with Gasteiger partial charge in [0.15, 0.2) is 9.84 Å². The van der Waals surface area contributed by atoms with Crippen molar-refractivity contribution in [3.63, 3.8) is 0 Å². The van der Waals surface area contributed by atoms with Crippen molar-refractivity contribution < 1.29 is 8.42 Å². The van der Waals surface area contributed by atoms with Crippen LogP contribution in [0.5, 0.6) is 0 Å². The zero-order valence-corrected chi connectivity index (χ0v) is 13.0. The van der Waals surface area contributed by atoms with Gasteiger partial charge in [0.25, 0.3) is 0 Å². The van der Waals surface area contributed by atoms with E-state index < -0.39 is 9.84 Å². The van der Waals surface area contributed by atoms with Crippen LogP contribution in [0, 0.1) is 0 Å². The van der Waals surface area contributed by atoms with E-state index in [0.29, 0.717) is 11.3 Å². The predicted molar refractivity (Wildman–Crippen MR) is 82.9 cm³/mol.